The van der Waals surface area contributed by atoms with Crippen LogP contribution in [0.5, 0.6) is 0 Å². The molecule has 35 heavy (non-hydrogen) atoms. The number of hydrogen-bond acceptors (Lipinski definition) is 2. The van der Waals surface area contributed by atoms with Gasteiger partial charge < -0.3 is 4.57 Å². The minimum absolute atomic E-state index is 0.346. The van der Waals surface area contributed by atoms with E-state index < -0.39 is 11.6 Å². The number of benzene rings is 2. The molecule has 0 saturated carbocycles. The molecular formula is C29H30ClF2N3. The molecule has 3 nitrogen and oxygen atoms in total. The number of piperazine rings is 1. The topological polar surface area (TPSA) is 11.4 Å². The van der Waals surface area contributed by atoms with Crippen molar-refractivity contribution >= 4 is 11.6 Å². The van der Waals surface area contributed by atoms with Gasteiger partial charge in [0.2, 0.25) is 0 Å². The van der Waals surface area contributed by atoms with Crippen LogP contribution in [0.15, 0.2) is 72.3 Å². The fourth-order valence-corrected chi connectivity index (χ4v) is 5.14. The number of aromatic nitrogens is 1. The van der Waals surface area contributed by atoms with Crippen molar-refractivity contribution < 1.29 is 8.78 Å². The van der Waals surface area contributed by atoms with Crippen LogP contribution in [-0.2, 0) is 6.54 Å². The van der Waals surface area contributed by atoms with Crippen LogP contribution in [0.3, 0.4) is 0 Å². The SMILES string of the molecule is Cc1c(CN2CCN(CC3=CCCC=C3)CC2)cc(-c2ccc(Cl)cc2)n1-c1ccc(F)cc1F. The Kier molecular flexibility index (Phi) is 7.19. The number of halogens is 3. The molecule has 5 rings (SSSR count). The van der Waals surface area contributed by atoms with Crippen molar-refractivity contribution in [3.05, 3.63) is 100 Å². The highest BCUT2D eigenvalue weighted by Crippen LogP contribution is 2.32. The summed E-state index contributed by atoms with van der Waals surface area (Å²) in [5.74, 6) is -1.16. The normalized spacial score (nSPS) is 17.1. The van der Waals surface area contributed by atoms with Gasteiger partial charge in [-0.05, 0) is 66.8 Å². The molecule has 2 aromatic carbocycles. The zero-order valence-corrected chi connectivity index (χ0v) is 20.7. The Morgan fingerprint density at radius 1 is 0.857 bits per heavy atom. The molecular weight excluding hydrogens is 464 g/mol. The Labute approximate surface area is 210 Å². The van der Waals surface area contributed by atoms with Crippen LogP contribution in [0, 0.1) is 18.6 Å². The minimum Gasteiger partial charge on any atom is -0.311 e. The minimum atomic E-state index is -0.582. The van der Waals surface area contributed by atoms with Crippen molar-refractivity contribution in [2.45, 2.75) is 26.3 Å². The van der Waals surface area contributed by atoms with Gasteiger partial charge in [0.1, 0.15) is 11.6 Å². The smallest absolute Gasteiger partial charge is 0.150 e. The second kappa shape index (κ2) is 10.5. The second-order valence-electron chi connectivity index (χ2n) is 9.39. The van der Waals surface area contributed by atoms with E-state index in [9.17, 15) is 8.78 Å². The van der Waals surface area contributed by atoms with Crippen LogP contribution < -0.4 is 0 Å². The summed E-state index contributed by atoms with van der Waals surface area (Å²) in [6.07, 6.45) is 9.17. The van der Waals surface area contributed by atoms with Crippen LogP contribution in [0.4, 0.5) is 8.78 Å². The van der Waals surface area contributed by atoms with Gasteiger partial charge in [0.25, 0.3) is 0 Å². The lowest BCUT2D eigenvalue weighted by Crippen LogP contribution is -2.46. The van der Waals surface area contributed by atoms with E-state index in [-0.39, 0.29) is 0 Å². The Morgan fingerprint density at radius 3 is 2.23 bits per heavy atom. The summed E-state index contributed by atoms with van der Waals surface area (Å²) in [6, 6.07) is 13.4. The van der Waals surface area contributed by atoms with Crippen LogP contribution in [0.2, 0.25) is 5.02 Å². The zero-order valence-electron chi connectivity index (χ0n) is 20.0. The molecule has 6 heteroatoms. The van der Waals surface area contributed by atoms with E-state index in [2.05, 4.69) is 34.1 Å². The molecule has 0 radical (unpaired) electrons. The van der Waals surface area contributed by atoms with Gasteiger partial charge in [0, 0.05) is 56.1 Å². The lowest BCUT2D eigenvalue weighted by atomic mass is 10.1. The first-order chi connectivity index (χ1) is 17.0. The maximum absolute atomic E-state index is 14.9. The van der Waals surface area contributed by atoms with Crippen LogP contribution in [0.1, 0.15) is 24.1 Å². The average Bonchev–Trinajstić information content (AvgIpc) is 3.17. The van der Waals surface area contributed by atoms with Crippen LogP contribution >= 0.6 is 11.6 Å². The predicted molar refractivity (Wildman–Crippen MR) is 139 cm³/mol. The Morgan fingerprint density at radius 2 is 1.57 bits per heavy atom. The van der Waals surface area contributed by atoms with Crippen molar-refractivity contribution in [3.8, 4) is 16.9 Å². The molecule has 1 fully saturated rings. The molecule has 0 bridgehead atoms. The Balaban J connectivity index is 1.38. The third-order valence-corrected chi connectivity index (χ3v) is 7.23. The molecule has 1 aliphatic carbocycles. The van der Waals surface area contributed by atoms with Crippen molar-refractivity contribution in [1.29, 1.82) is 0 Å². The van der Waals surface area contributed by atoms with E-state index >= 15 is 0 Å². The van der Waals surface area contributed by atoms with E-state index in [1.54, 1.807) is 0 Å². The highest BCUT2D eigenvalue weighted by Gasteiger charge is 2.22. The van der Waals surface area contributed by atoms with Gasteiger partial charge in [-0.15, -0.1) is 0 Å². The molecule has 0 unspecified atom stereocenters. The van der Waals surface area contributed by atoms with Gasteiger partial charge in [-0.25, -0.2) is 8.78 Å². The number of rotatable bonds is 6. The van der Waals surface area contributed by atoms with E-state index in [4.69, 9.17) is 11.6 Å². The van der Waals surface area contributed by atoms with Crippen molar-refractivity contribution in [1.82, 2.24) is 14.4 Å². The van der Waals surface area contributed by atoms with Gasteiger partial charge >= 0.3 is 0 Å². The molecule has 0 spiro atoms. The average molecular weight is 494 g/mol. The first-order valence-corrected chi connectivity index (χ1v) is 12.6. The highest BCUT2D eigenvalue weighted by molar-refractivity contribution is 6.30. The number of allylic oxidation sites excluding steroid dienone is 2. The standard InChI is InChI=1S/C29H30ClF2N3/c1-21-24(20-34-15-13-33(14-16-34)19-22-5-3-2-4-6-22)17-29(23-7-9-25(30)10-8-23)35(21)28-12-11-26(31)18-27(28)32/h3,5-12,17-18H,2,4,13-16,19-20H2,1H3. The monoisotopic (exact) mass is 493 g/mol. The summed E-state index contributed by atoms with van der Waals surface area (Å²) in [7, 11) is 0. The second-order valence-corrected chi connectivity index (χ2v) is 9.83. The molecule has 0 amide bonds. The highest BCUT2D eigenvalue weighted by atomic mass is 35.5. The van der Waals surface area contributed by atoms with Gasteiger partial charge in [-0.1, -0.05) is 42.0 Å². The maximum atomic E-state index is 14.9. The van der Waals surface area contributed by atoms with Crippen molar-refractivity contribution in [2.24, 2.45) is 0 Å². The fourth-order valence-electron chi connectivity index (χ4n) is 5.01. The summed E-state index contributed by atoms with van der Waals surface area (Å²) in [5.41, 5.74) is 5.68. The first kappa shape index (κ1) is 24.0. The summed E-state index contributed by atoms with van der Waals surface area (Å²) in [6.45, 7) is 7.85. The fraction of sp³-hybridized carbons (Fsp3) is 0.310. The molecule has 0 atom stereocenters. The van der Waals surface area contributed by atoms with Gasteiger partial charge in [-0.2, -0.15) is 0 Å². The molecule has 1 saturated heterocycles. The lowest BCUT2D eigenvalue weighted by molar-refractivity contribution is 0.135. The third kappa shape index (κ3) is 5.43. The molecule has 1 aromatic heterocycles. The Hall–Kier alpha value is -2.73. The lowest BCUT2D eigenvalue weighted by Gasteiger charge is -2.35. The van der Waals surface area contributed by atoms with E-state index in [0.717, 1.165) is 80.7 Å². The van der Waals surface area contributed by atoms with Gasteiger partial charge in [-0.3, -0.25) is 9.80 Å². The maximum Gasteiger partial charge on any atom is 0.150 e. The molecule has 0 N–H and O–H groups in total. The number of nitrogens with zero attached hydrogens (tertiary/aromatic N) is 3. The third-order valence-electron chi connectivity index (χ3n) is 6.98. The molecule has 3 aromatic rings. The summed E-state index contributed by atoms with van der Waals surface area (Å²) in [5, 5.41) is 0.647. The molecule has 1 aliphatic heterocycles. The molecule has 2 aliphatic rings. The van der Waals surface area contributed by atoms with Gasteiger partial charge in [0.15, 0.2) is 0 Å². The summed E-state index contributed by atoms with van der Waals surface area (Å²) >= 11 is 6.11. The van der Waals surface area contributed by atoms with E-state index in [1.165, 1.54) is 17.7 Å². The van der Waals surface area contributed by atoms with Crippen molar-refractivity contribution in [3.63, 3.8) is 0 Å². The van der Waals surface area contributed by atoms with Crippen molar-refractivity contribution in [2.75, 3.05) is 32.7 Å². The quantitative estimate of drug-likeness (QED) is 0.375. The molecule has 182 valence electrons. The first-order valence-electron chi connectivity index (χ1n) is 12.2. The zero-order chi connectivity index (χ0) is 24.4. The summed E-state index contributed by atoms with van der Waals surface area (Å²) in [4.78, 5) is 4.98. The van der Waals surface area contributed by atoms with Gasteiger partial charge in [0.05, 0.1) is 11.4 Å². The largest absolute Gasteiger partial charge is 0.311 e. The van der Waals surface area contributed by atoms with E-state index in [0.29, 0.717) is 10.7 Å². The Bertz CT molecular complexity index is 1250. The van der Waals surface area contributed by atoms with Crippen LogP contribution in [-0.4, -0.2) is 47.1 Å². The number of hydrogen-bond donors (Lipinski definition) is 0. The predicted octanol–water partition coefficient (Wildman–Crippen LogP) is 6.78. The van der Waals surface area contributed by atoms with Crippen LogP contribution in [0.25, 0.3) is 16.9 Å². The summed E-state index contributed by atoms with van der Waals surface area (Å²) < 4.78 is 30.4. The molecule has 2 heterocycles. The van der Waals surface area contributed by atoms with E-state index in [1.807, 2.05) is 35.8 Å².